The molecule has 7 aromatic rings. The molecule has 0 atom stereocenters. The summed E-state index contributed by atoms with van der Waals surface area (Å²) in [6.07, 6.45) is 1.83. The van der Waals surface area contributed by atoms with Crippen LogP contribution < -0.4 is 0 Å². The molecule has 0 spiro atoms. The van der Waals surface area contributed by atoms with E-state index in [1.807, 2.05) is 66.9 Å². The van der Waals surface area contributed by atoms with Crippen LogP contribution in [0.2, 0.25) is 0 Å². The molecule has 2 aromatic heterocycles. The van der Waals surface area contributed by atoms with E-state index in [0.29, 0.717) is 11.4 Å². The van der Waals surface area contributed by atoms with Crippen molar-refractivity contribution >= 4 is 11.0 Å². The molecular formula is C39H30N3OPt-. The first-order valence-electron chi connectivity index (χ1n) is 14.4. The van der Waals surface area contributed by atoms with Crippen molar-refractivity contribution in [2.24, 2.45) is 0 Å². The van der Waals surface area contributed by atoms with Gasteiger partial charge in [-0.3, -0.25) is 9.55 Å². The van der Waals surface area contributed by atoms with Crippen molar-refractivity contribution in [3.63, 3.8) is 0 Å². The molecule has 5 aromatic carbocycles. The van der Waals surface area contributed by atoms with Crippen LogP contribution in [0.5, 0.6) is 5.75 Å². The molecule has 0 fully saturated rings. The summed E-state index contributed by atoms with van der Waals surface area (Å²) in [4.78, 5) is 9.93. The van der Waals surface area contributed by atoms with E-state index in [-0.39, 0.29) is 32.2 Å². The van der Waals surface area contributed by atoms with Crippen LogP contribution in [0.1, 0.15) is 25.0 Å². The fourth-order valence-corrected chi connectivity index (χ4v) is 5.89. The Morgan fingerprint density at radius 3 is 2.09 bits per heavy atom. The van der Waals surface area contributed by atoms with Gasteiger partial charge in [0.25, 0.3) is 0 Å². The number of phenols is 1. The first-order chi connectivity index (χ1) is 21.0. The second-order valence-electron chi connectivity index (χ2n) is 11.2. The molecule has 0 radical (unpaired) electrons. The molecule has 0 saturated heterocycles. The minimum atomic E-state index is -0.276. The molecule has 0 amide bonds. The molecule has 4 nitrogen and oxygen atoms in total. The number of fused-ring (bicyclic) bond motifs is 1. The van der Waals surface area contributed by atoms with Crippen molar-refractivity contribution in [2.75, 3.05) is 0 Å². The van der Waals surface area contributed by atoms with E-state index in [4.69, 9.17) is 9.97 Å². The number of rotatable bonds is 6. The third-order valence-electron chi connectivity index (χ3n) is 8.17. The molecule has 2 heterocycles. The number of hydrogen-bond donors (Lipinski definition) is 1. The van der Waals surface area contributed by atoms with Gasteiger partial charge in [-0.2, -0.15) is 0 Å². The Morgan fingerprint density at radius 2 is 1.36 bits per heavy atom. The van der Waals surface area contributed by atoms with Crippen LogP contribution in [-0.2, 0) is 26.5 Å². The average molecular weight is 752 g/mol. The number of imidazole rings is 1. The van der Waals surface area contributed by atoms with Gasteiger partial charge in [0.15, 0.2) is 0 Å². The van der Waals surface area contributed by atoms with Crippen LogP contribution >= 0.6 is 0 Å². The third kappa shape index (κ3) is 5.16. The Bertz CT molecular complexity index is 2050. The Kier molecular flexibility index (Phi) is 8.03. The summed E-state index contributed by atoms with van der Waals surface area (Å²) in [7, 11) is 0. The van der Waals surface area contributed by atoms with Gasteiger partial charge < -0.3 is 5.11 Å². The summed E-state index contributed by atoms with van der Waals surface area (Å²) in [5.74, 6) is 0.867. The fourth-order valence-electron chi connectivity index (χ4n) is 5.89. The van der Waals surface area contributed by atoms with Crippen LogP contribution in [0.25, 0.3) is 50.5 Å². The summed E-state index contributed by atoms with van der Waals surface area (Å²) in [5.41, 5.74) is 9.26. The van der Waals surface area contributed by atoms with Crippen LogP contribution in [0.3, 0.4) is 0 Å². The van der Waals surface area contributed by atoms with E-state index in [9.17, 15) is 5.11 Å². The van der Waals surface area contributed by atoms with Gasteiger partial charge in [0.2, 0.25) is 0 Å². The molecule has 7 rings (SSSR count). The number of benzene rings is 5. The van der Waals surface area contributed by atoms with Crippen LogP contribution in [0.4, 0.5) is 0 Å². The Balaban J connectivity index is 0.00000343. The van der Waals surface area contributed by atoms with Gasteiger partial charge in [-0.05, 0) is 47.4 Å². The van der Waals surface area contributed by atoms with Gasteiger partial charge in [-0.1, -0.05) is 115 Å². The Hall–Kier alpha value is -4.79. The van der Waals surface area contributed by atoms with E-state index in [1.165, 1.54) is 5.56 Å². The standard InChI is InChI=1S/C39H30N3O.Pt/c1-39(2,28-14-5-3-6-15-28)33-24-23-27(26-32(33)34-20-11-12-25-40-34)30-19-13-21-35-37(30)41-38(31-18-9-10-22-36(31)43)42(35)29-16-7-4-8-17-29;/h3-25,43H,1-2H3;/q-1;. The fraction of sp³-hybridized carbons (Fsp3) is 0.0769. The maximum atomic E-state index is 10.8. The van der Waals surface area contributed by atoms with Crippen LogP contribution in [-0.4, -0.2) is 19.6 Å². The molecule has 0 aliphatic rings. The molecule has 0 unspecified atom stereocenters. The molecule has 0 saturated carbocycles. The van der Waals surface area contributed by atoms with E-state index in [1.54, 1.807) is 6.07 Å². The number of pyridine rings is 1. The number of phenolic OH excluding ortho intramolecular Hbond substituents is 1. The summed E-state index contributed by atoms with van der Waals surface area (Å²) < 4.78 is 2.11. The normalized spacial score (nSPS) is 11.3. The van der Waals surface area contributed by atoms with Gasteiger partial charge in [0, 0.05) is 38.6 Å². The molecule has 0 aliphatic heterocycles. The van der Waals surface area contributed by atoms with Crippen molar-refractivity contribution < 1.29 is 26.2 Å². The van der Waals surface area contributed by atoms with E-state index in [0.717, 1.165) is 44.7 Å². The first kappa shape index (κ1) is 29.3. The maximum absolute atomic E-state index is 10.8. The maximum Gasteiger partial charge on any atom is 0.148 e. The minimum absolute atomic E-state index is 0. The monoisotopic (exact) mass is 751 g/mol. The zero-order valence-electron chi connectivity index (χ0n) is 24.4. The quantitative estimate of drug-likeness (QED) is 0.173. The molecule has 1 N–H and O–H groups in total. The molecule has 218 valence electrons. The molecule has 44 heavy (non-hydrogen) atoms. The predicted octanol–water partition coefficient (Wildman–Crippen LogP) is 9.25. The molecule has 0 aliphatic carbocycles. The van der Waals surface area contributed by atoms with E-state index in [2.05, 4.69) is 91.2 Å². The number of nitrogens with zero attached hydrogens (tertiary/aromatic N) is 3. The Morgan fingerprint density at radius 1 is 0.682 bits per heavy atom. The van der Waals surface area contributed by atoms with Crippen molar-refractivity contribution in [1.29, 1.82) is 0 Å². The van der Waals surface area contributed by atoms with Gasteiger partial charge in [-0.15, -0.1) is 23.8 Å². The number of aromatic hydroxyl groups is 1. The van der Waals surface area contributed by atoms with Crippen LogP contribution in [0, 0.1) is 6.07 Å². The molecular weight excluding hydrogens is 722 g/mol. The van der Waals surface area contributed by atoms with Crippen molar-refractivity contribution in [2.45, 2.75) is 19.3 Å². The number of hydrogen-bond acceptors (Lipinski definition) is 3. The Labute approximate surface area is 272 Å². The largest absolute Gasteiger partial charge is 0.507 e. The van der Waals surface area contributed by atoms with Gasteiger partial charge >= 0.3 is 0 Å². The van der Waals surface area contributed by atoms with Gasteiger partial charge in [-0.25, -0.2) is 4.98 Å². The number of aromatic nitrogens is 3. The molecule has 5 heteroatoms. The second kappa shape index (κ2) is 12.1. The minimum Gasteiger partial charge on any atom is -0.507 e. The molecule has 0 bridgehead atoms. The SMILES string of the molecule is CC(C)(c1ccccc1)c1ccc(-c2cccc3c2nc(-c2ccccc2O)n3-c2ccccc2)[c-]c1-c1ccccn1.[Pt]. The zero-order valence-corrected chi connectivity index (χ0v) is 26.7. The van der Waals surface area contributed by atoms with Gasteiger partial charge in [0.1, 0.15) is 11.6 Å². The third-order valence-corrected chi connectivity index (χ3v) is 8.17. The second-order valence-corrected chi connectivity index (χ2v) is 11.2. The van der Waals surface area contributed by atoms with Crippen molar-refractivity contribution in [3.8, 4) is 45.2 Å². The average Bonchev–Trinajstić information content (AvgIpc) is 3.45. The summed E-state index contributed by atoms with van der Waals surface area (Å²) in [6, 6.07) is 48.4. The summed E-state index contributed by atoms with van der Waals surface area (Å²) in [6.45, 7) is 4.50. The smallest absolute Gasteiger partial charge is 0.148 e. The van der Waals surface area contributed by atoms with E-state index < -0.39 is 0 Å². The first-order valence-corrected chi connectivity index (χ1v) is 14.4. The van der Waals surface area contributed by atoms with Crippen LogP contribution in [0.15, 0.2) is 140 Å². The van der Waals surface area contributed by atoms with E-state index >= 15 is 0 Å². The summed E-state index contributed by atoms with van der Waals surface area (Å²) in [5, 5.41) is 10.8. The predicted molar refractivity (Wildman–Crippen MR) is 174 cm³/mol. The van der Waals surface area contributed by atoms with Crippen molar-refractivity contribution in [1.82, 2.24) is 14.5 Å². The number of para-hydroxylation sites is 3. The summed E-state index contributed by atoms with van der Waals surface area (Å²) >= 11 is 0. The zero-order chi connectivity index (χ0) is 29.4. The topological polar surface area (TPSA) is 50.9 Å². The van der Waals surface area contributed by atoms with Crippen molar-refractivity contribution in [3.05, 3.63) is 157 Å². The van der Waals surface area contributed by atoms with Gasteiger partial charge in [0.05, 0.1) is 16.6 Å².